The van der Waals surface area contributed by atoms with Gasteiger partial charge >= 0.3 is 5.97 Å². The number of carbonyl (C=O) groups excluding carboxylic acids is 2. The smallest absolute Gasteiger partial charge is 0.322 e. The molecular weight excluding hydrogens is 296 g/mol. The molecule has 0 aliphatic carbocycles. The van der Waals surface area contributed by atoms with Crippen molar-refractivity contribution < 1.29 is 19.1 Å². The maximum Gasteiger partial charge on any atom is 0.322 e. The number of ketones is 1. The van der Waals surface area contributed by atoms with E-state index in [2.05, 4.69) is 5.10 Å². The van der Waals surface area contributed by atoms with Crippen LogP contribution in [0.1, 0.15) is 24.6 Å². The lowest BCUT2D eigenvalue weighted by Gasteiger charge is -2.33. The molecule has 0 radical (unpaired) electrons. The van der Waals surface area contributed by atoms with Crippen LogP contribution in [0.2, 0.25) is 5.15 Å². The molecule has 1 aliphatic heterocycles. The second kappa shape index (κ2) is 6.15. The maximum absolute atomic E-state index is 12.4. The first-order chi connectivity index (χ1) is 9.92. The van der Waals surface area contributed by atoms with Crippen LogP contribution in [-0.4, -0.2) is 41.4 Å². The van der Waals surface area contributed by atoms with Gasteiger partial charge in [-0.15, -0.1) is 0 Å². The summed E-state index contributed by atoms with van der Waals surface area (Å²) in [5.74, 6) is -0.708. The average Bonchev–Trinajstić information content (AvgIpc) is 2.68. The van der Waals surface area contributed by atoms with Crippen LogP contribution in [0.25, 0.3) is 0 Å². The minimum Gasteiger partial charge on any atom is -0.465 e. The van der Waals surface area contributed by atoms with Crippen LogP contribution in [0.3, 0.4) is 0 Å². The summed E-state index contributed by atoms with van der Waals surface area (Å²) in [5, 5.41) is 4.64. The Morgan fingerprint density at radius 3 is 2.81 bits per heavy atom. The number of nitrogens with zero attached hydrogens (tertiary/aromatic N) is 2. The summed E-state index contributed by atoms with van der Waals surface area (Å²) in [7, 11) is 1.72. The van der Waals surface area contributed by atoms with E-state index in [0.29, 0.717) is 23.0 Å². The van der Waals surface area contributed by atoms with Gasteiger partial charge in [-0.2, -0.15) is 5.10 Å². The first-order valence-electron chi connectivity index (χ1n) is 6.88. The van der Waals surface area contributed by atoms with Crippen LogP contribution in [0.5, 0.6) is 0 Å². The fourth-order valence-corrected chi connectivity index (χ4v) is 2.81. The van der Waals surface area contributed by atoms with Gasteiger partial charge < -0.3 is 9.47 Å². The number of hydrogen-bond acceptors (Lipinski definition) is 5. The summed E-state index contributed by atoms with van der Waals surface area (Å²) in [6.45, 7) is 4.08. The van der Waals surface area contributed by atoms with Crippen molar-refractivity contribution in [3.63, 3.8) is 0 Å². The van der Waals surface area contributed by atoms with Gasteiger partial charge in [0.15, 0.2) is 11.2 Å². The summed E-state index contributed by atoms with van der Waals surface area (Å²) >= 11 is 6.22. The molecule has 2 heterocycles. The first-order valence-corrected chi connectivity index (χ1v) is 7.26. The first kappa shape index (κ1) is 16.0. The molecule has 0 N–H and O–H groups in total. The molecule has 0 amide bonds. The molecule has 1 atom stereocenters. The lowest BCUT2D eigenvalue weighted by molar-refractivity contribution is -0.169. The van der Waals surface area contributed by atoms with E-state index in [4.69, 9.17) is 21.1 Å². The van der Waals surface area contributed by atoms with E-state index in [1.165, 1.54) is 4.68 Å². The van der Waals surface area contributed by atoms with E-state index in [1.54, 1.807) is 20.9 Å². The summed E-state index contributed by atoms with van der Waals surface area (Å²) in [5.41, 5.74) is 0.0710. The number of hydrogen-bond donors (Lipinski definition) is 0. The molecule has 7 heteroatoms. The van der Waals surface area contributed by atoms with E-state index in [0.717, 1.165) is 0 Å². The normalized spacial score (nSPS) is 22.4. The van der Waals surface area contributed by atoms with Crippen molar-refractivity contribution in [2.45, 2.75) is 26.7 Å². The molecule has 1 unspecified atom stereocenters. The molecule has 6 nitrogen and oxygen atoms in total. The molecule has 1 fully saturated rings. The van der Waals surface area contributed by atoms with Crippen molar-refractivity contribution in [3.05, 3.63) is 16.4 Å². The van der Waals surface area contributed by atoms with Gasteiger partial charge in [0.25, 0.3) is 0 Å². The maximum atomic E-state index is 12.4. The SMILES string of the molecule is CCOC(=O)C1(Cc2c(C)nn(C)c2Cl)COCCC1=O. The van der Waals surface area contributed by atoms with Crippen molar-refractivity contribution >= 4 is 23.4 Å². The number of carbonyl (C=O) groups is 2. The number of aryl methyl sites for hydroxylation is 2. The van der Waals surface area contributed by atoms with E-state index < -0.39 is 11.4 Å². The van der Waals surface area contributed by atoms with Gasteiger partial charge in [0, 0.05) is 25.5 Å². The molecule has 1 aromatic rings. The Morgan fingerprint density at radius 1 is 1.57 bits per heavy atom. The van der Waals surface area contributed by atoms with Gasteiger partial charge in [0.05, 0.1) is 25.5 Å². The quantitative estimate of drug-likeness (QED) is 0.621. The topological polar surface area (TPSA) is 70.4 Å². The molecule has 21 heavy (non-hydrogen) atoms. The molecular formula is C14H19ClN2O4. The van der Waals surface area contributed by atoms with Gasteiger partial charge in [0.1, 0.15) is 5.15 Å². The predicted molar refractivity (Wildman–Crippen MR) is 76.2 cm³/mol. The number of aromatic nitrogens is 2. The van der Waals surface area contributed by atoms with Crippen LogP contribution in [0, 0.1) is 12.3 Å². The monoisotopic (exact) mass is 314 g/mol. The third-order valence-electron chi connectivity index (χ3n) is 3.77. The number of Topliss-reactive ketones (excluding diaryl/α,β-unsaturated/α-hetero) is 1. The lowest BCUT2D eigenvalue weighted by Crippen LogP contribution is -2.49. The minimum absolute atomic E-state index is 0.0231. The zero-order chi connectivity index (χ0) is 15.6. The molecule has 1 aliphatic rings. The minimum atomic E-state index is -1.31. The third kappa shape index (κ3) is 2.82. The Kier molecular flexibility index (Phi) is 4.68. The van der Waals surface area contributed by atoms with Gasteiger partial charge in [-0.1, -0.05) is 11.6 Å². The van der Waals surface area contributed by atoms with Crippen molar-refractivity contribution in [1.29, 1.82) is 0 Å². The van der Waals surface area contributed by atoms with Crippen molar-refractivity contribution in [2.24, 2.45) is 12.5 Å². The average molecular weight is 315 g/mol. The second-order valence-electron chi connectivity index (χ2n) is 5.18. The molecule has 0 spiro atoms. The second-order valence-corrected chi connectivity index (χ2v) is 5.54. The molecule has 0 aromatic carbocycles. The molecule has 0 saturated carbocycles. The number of esters is 1. The third-order valence-corrected chi connectivity index (χ3v) is 4.24. The summed E-state index contributed by atoms with van der Waals surface area (Å²) < 4.78 is 12.0. The highest BCUT2D eigenvalue weighted by molar-refractivity contribution is 6.30. The van der Waals surface area contributed by atoms with Crippen LogP contribution in [0.4, 0.5) is 0 Å². The molecule has 1 aromatic heterocycles. The number of ether oxygens (including phenoxy) is 2. The standard InChI is InChI=1S/C14H19ClN2O4/c1-4-21-13(19)14(8-20-6-5-11(14)18)7-10-9(2)16-17(3)12(10)15/h4-8H2,1-3H3. The lowest BCUT2D eigenvalue weighted by atomic mass is 9.76. The predicted octanol–water partition coefficient (Wildman–Crippen LogP) is 1.46. The summed E-state index contributed by atoms with van der Waals surface area (Å²) in [4.78, 5) is 24.8. The van der Waals surface area contributed by atoms with Crippen molar-refractivity contribution in [3.8, 4) is 0 Å². The Morgan fingerprint density at radius 2 is 2.29 bits per heavy atom. The van der Waals surface area contributed by atoms with Crippen LogP contribution in [-0.2, 0) is 32.5 Å². The number of halogens is 1. The van der Waals surface area contributed by atoms with Crippen LogP contribution < -0.4 is 0 Å². The highest BCUT2D eigenvalue weighted by Crippen LogP contribution is 2.34. The van der Waals surface area contributed by atoms with Gasteiger partial charge in [-0.3, -0.25) is 14.3 Å². The molecule has 1 saturated heterocycles. The number of rotatable bonds is 4. The zero-order valence-corrected chi connectivity index (χ0v) is 13.2. The zero-order valence-electron chi connectivity index (χ0n) is 12.4. The van der Waals surface area contributed by atoms with E-state index in [9.17, 15) is 9.59 Å². The highest BCUT2D eigenvalue weighted by Gasteiger charge is 2.49. The molecule has 2 rings (SSSR count). The largest absolute Gasteiger partial charge is 0.465 e. The van der Waals surface area contributed by atoms with Crippen molar-refractivity contribution in [2.75, 3.05) is 19.8 Å². The Labute approximate surface area is 128 Å². The molecule has 116 valence electrons. The molecule has 0 bridgehead atoms. The Hall–Kier alpha value is -1.40. The van der Waals surface area contributed by atoms with Gasteiger partial charge in [-0.25, -0.2) is 0 Å². The van der Waals surface area contributed by atoms with Crippen LogP contribution >= 0.6 is 11.6 Å². The Balaban J connectivity index is 2.40. The van der Waals surface area contributed by atoms with Crippen molar-refractivity contribution in [1.82, 2.24) is 9.78 Å². The van der Waals surface area contributed by atoms with Crippen LogP contribution in [0.15, 0.2) is 0 Å². The van der Waals surface area contributed by atoms with Gasteiger partial charge in [0.2, 0.25) is 0 Å². The van der Waals surface area contributed by atoms with E-state index >= 15 is 0 Å². The van der Waals surface area contributed by atoms with Gasteiger partial charge in [-0.05, 0) is 13.8 Å². The fourth-order valence-electron chi connectivity index (χ4n) is 2.57. The summed E-state index contributed by atoms with van der Waals surface area (Å²) in [6.07, 6.45) is 0.360. The van der Waals surface area contributed by atoms with E-state index in [-0.39, 0.29) is 31.8 Å². The van der Waals surface area contributed by atoms with E-state index in [1.807, 2.05) is 0 Å². The Bertz CT molecular complexity index is 570. The fraction of sp³-hybridized carbons (Fsp3) is 0.643. The summed E-state index contributed by atoms with van der Waals surface area (Å²) in [6, 6.07) is 0. The highest BCUT2D eigenvalue weighted by atomic mass is 35.5.